The number of amides is 1. The van der Waals surface area contributed by atoms with Crippen LogP contribution in [0.15, 0.2) is 36.4 Å². The van der Waals surface area contributed by atoms with E-state index < -0.39 is 12.0 Å². The highest BCUT2D eigenvalue weighted by Gasteiger charge is 2.24. The fraction of sp³-hybridized carbons (Fsp3) is 0.412. The number of hydrogen-bond donors (Lipinski definition) is 2. The Labute approximate surface area is 124 Å². The molecule has 2 rings (SSSR count). The fourth-order valence-corrected chi connectivity index (χ4v) is 2.71. The third kappa shape index (κ3) is 4.18. The Kier molecular flexibility index (Phi) is 5.14. The van der Waals surface area contributed by atoms with Crippen molar-refractivity contribution >= 4 is 11.9 Å². The van der Waals surface area contributed by atoms with Gasteiger partial charge < -0.3 is 10.4 Å². The van der Waals surface area contributed by atoms with Crippen LogP contribution in [0.2, 0.25) is 0 Å². The normalized spacial score (nSPS) is 19.0. The summed E-state index contributed by atoms with van der Waals surface area (Å²) in [5, 5.41) is 12.0. The van der Waals surface area contributed by atoms with Crippen LogP contribution in [0.4, 0.5) is 0 Å². The molecule has 0 unspecified atom stereocenters. The Morgan fingerprint density at radius 1 is 1.33 bits per heavy atom. The molecule has 1 amide bonds. The molecular weight excluding hydrogens is 266 g/mol. The highest BCUT2D eigenvalue weighted by molar-refractivity contribution is 5.80. The molecule has 0 aliphatic heterocycles. The van der Waals surface area contributed by atoms with E-state index in [9.17, 15) is 9.59 Å². The molecule has 0 saturated heterocycles. The number of carboxylic acids is 1. The van der Waals surface area contributed by atoms with E-state index in [0.717, 1.165) is 30.4 Å². The summed E-state index contributed by atoms with van der Waals surface area (Å²) in [6, 6.07) is 7.11. The number of aliphatic carboxylic acids is 1. The van der Waals surface area contributed by atoms with Crippen LogP contribution in [-0.2, 0) is 9.59 Å². The number of hydrogen-bond acceptors (Lipinski definition) is 2. The molecule has 0 aromatic heterocycles. The largest absolute Gasteiger partial charge is 0.481 e. The third-order valence-corrected chi connectivity index (χ3v) is 3.90. The highest BCUT2D eigenvalue weighted by Crippen LogP contribution is 2.24. The predicted octanol–water partition coefficient (Wildman–Crippen LogP) is 2.98. The smallest absolute Gasteiger partial charge is 0.305 e. The lowest BCUT2D eigenvalue weighted by atomic mass is 9.92. The summed E-state index contributed by atoms with van der Waals surface area (Å²) in [6.45, 7) is 1.93. The van der Waals surface area contributed by atoms with Crippen LogP contribution in [0.5, 0.6) is 0 Å². The van der Waals surface area contributed by atoms with Crippen molar-refractivity contribution in [3.63, 3.8) is 0 Å². The summed E-state index contributed by atoms with van der Waals surface area (Å²) in [4.78, 5) is 23.4. The van der Waals surface area contributed by atoms with E-state index >= 15 is 0 Å². The first-order valence-electron chi connectivity index (χ1n) is 7.30. The summed E-state index contributed by atoms with van der Waals surface area (Å²) >= 11 is 0. The zero-order chi connectivity index (χ0) is 15.2. The van der Waals surface area contributed by atoms with Gasteiger partial charge in [0.05, 0.1) is 12.5 Å². The van der Waals surface area contributed by atoms with Crippen molar-refractivity contribution in [2.24, 2.45) is 5.92 Å². The lowest BCUT2D eigenvalue weighted by Gasteiger charge is -2.23. The number of benzene rings is 1. The lowest BCUT2D eigenvalue weighted by Crippen LogP contribution is -2.35. The van der Waals surface area contributed by atoms with E-state index in [1.165, 1.54) is 0 Å². The van der Waals surface area contributed by atoms with Gasteiger partial charge in [-0.1, -0.05) is 36.4 Å². The van der Waals surface area contributed by atoms with E-state index in [1.54, 1.807) is 0 Å². The molecule has 1 aromatic carbocycles. The van der Waals surface area contributed by atoms with Gasteiger partial charge in [0.2, 0.25) is 5.91 Å². The molecule has 0 spiro atoms. The van der Waals surface area contributed by atoms with Crippen LogP contribution in [0, 0.1) is 12.8 Å². The average Bonchev–Trinajstić information content (AvgIpc) is 2.47. The molecule has 0 bridgehead atoms. The van der Waals surface area contributed by atoms with Gasteiger partial charge in [0.25, 0.3) is 0 Å². The van der Waals surface area contributed by atoms with Gasteiger partial charge in [-0.05, 0) is 37.3 Å². The Hall–Kier alpha value is -2.10. The number of aryl methyl sites for hydroxylation is 1. The number of nitrogens with one attached hydrogen (secondary N) is 1. The maximum Gasteiger partial charge on any atom is 0.305 e. The molecule has 2 N–H and O–H groups in total. The summed E-state index contributed by atoms with van der Waals surface area (Å²) in [7, 11) is 0. The lowest BCUT2D eigenvalue weighted by molar-refractivity contribution is -0.138. The number of carbonyl (C=O) groups is 2. The monoisotopic (exact) mass is 287 g/mol. The maximum atomic E-state index is 12.3. The van der Waals surface area contributed by atoms with E-state index in [1.807, 2.05) is 37.3 Å². The quantitative estimate of drug-likeness (QED) is 0.818. The summed E-state index contributed by atoms with van der Waals surface area (Å²) < 4.78 is 0. The van der Waals surface area contributed by atoms with E-state index in [0.29, 0.717) is 0 Å². The van der Waals surface area contributed by atoms with Crippen LogP contribution >= 0.6 is 0 Å². The van der Waals surface area contributed by atoms with E-state index in [4.69, 9.17) is 5.11 Å². The van der Waals surface area contributed by atoms with Crippen molar-refractivity contribution in [2.75, 3.05) is 0 Å². The van der Waals surface area contributed by atoms with Gasteiger partial charge in [-0.3, -0.25) is 9.59 Å². The molecule has 0 saturated carbocycles. The zero-order valence-corrected chi connectivity index (χ0v) is 12.2. The Bertz CT molecular complexity index is 551. The molecule has 1 aromatic rings. The average molecular weight is 287 g/mol. The molecule has 4 heteroatoms. The van der Waals surface area contributed by atoms with Crippen molar-refractivity contribution in [1.29, 1.82) is 0 Å². The Balaban J connectivity index is 2.13. The zero-order valence-electron chi connectivity index (χ0n) is 12.2. The molecule has 21 heavy (non-hydrogen) atoms. The first-order chi connectivity index (χ1) is 10.1. The standard InChI is InChI=1S/C17H21NO3/c1-12-7-5-6-10-14(12)15(11-16(19)20)18-17(21)13-8-3-2-4-9-13/h2-3,5-7,10,13,15H,4,8-9,11H2,1H3,(H,18,21)(H,19,20)/t13-,15+/m1/s1. The van der Waals surface area contributed by atoms with Gasteiger partial charge in [-0.25, -0.2) is 0 Å². The molecule has 4 nitrogen and oxygen atoms in total. The van der Waals surface area contributed by atoms with Gasteiger partial charge in [0.1, 0.15) is 0 Å². The van der Waals surface area contributed by atoms with Crippen LogP contribution in [0.25, 0.3) is 0 Å². The molecule has 1 aliphatic carbocycles. The van der Waals surface area contributed by atoms with Crippen molar-refractivity contribution in [1.82, 2.24) is 5.32 Å². The molecule has 112 valence electrons. The first kappa shape index (κ1) is 15.3. The SMILES string of the molecule is Cc1ccccc1[C@H](CC(=O)O)NC(=O)[C@@H]1CC=CCC1. The molecule has 2 atom stereocenters. The summed E-state index contributed by atoms with van der Waals surface area (Å²) in [5.74, 6) is -1.00. The van der Waals surface area contributed by atoms with Gasteiger partial charge in [0.15, 0.2) is 0 Å². The minimum atomic E-state index is -0.910. The Morgan fingerprint density at radius 3 is 2.71 bits per heavy atom. The summed E-state index contributed by atoms with van der Waals surface area (Å²) in [5.41, 5.74) is 1.87. The molecule has 1 aliphatic rings. The second-order valence-corrected chi connectivity index (χ2v) is 5.50. The number of rotatable bonds is 5. The number of allylic oxidation sites excluding steroid dienone is 2. The number of carbonyl (C=O) groups excluding carboxylic acids is 1. The summed E-state index contributed by atoms with van der Waals surface area (Å²) in [6.07, 6.45) is 6.48. The second-order valence-electron chi connectivity index (χ2n) is 5.50. The van der Waals surface area contributed by atoms with Gasteiger partial charge in [-0.2, -0.15) is 0 Å². The van der Waals surface area contributed by atoms with Crippen molar-refractivity contribution < 1.29 is 14.7 Å². The van der Waals surface area contributed by atoms with Crippen LogP contribution in [0.3, 0.4) is 0 Å². The second kappa shape index (κ2) is 7.07. The van der Waals surface area contributed by atoms with Gasteiger partial charge in [-0.15, -0.1) is 0 Å². The van der Waals surface area contributed by atoms with Crippen LogP contribution in [-0.4, -0.2) is 17.0 Å². The maximum absolute atomic E-state index is 12.3. The van der Waals surface area contributed by atoms with Crippen molar-refractivity contribution in [2.45, 2.75) is 38.6 Å². The fourth-order valence-electron chi connectivity index (χ4n) is 2.71. The van der Waals surface area contributed by atoms with E-state index in [-0.39, 0.29) is 18.2 Å². The van der Waals surface area contributed by atoms with Crippen LogP contribution in [0.1, 0.15) is 42.9 Å². The molecule has 0 radical (unpaired) electrons. The Morgan fingerprint density at radius 2 is 2.10 bits per heavy atom. The number of carboxylic acid groups (broad SMARTS) is 1. The van der Waals surface area contributed by atoms with Gasteiger partial charge >= 0.3 is 5.97 Å². The molecular formula is C17H21NO3. The predicted molar refractivity (Wildman–Crippen MR) is 80.8 cm³/mol. The van der Waals surface area contributed by atoms with Crippen molar-refractivity contribution in [3.05, 3.63) is 47.5 Å². The van der Waals surface area contributed by atoms with Crippen LogP contribution < -0.4 is 5.32 Å². The minimum absolute atomic E-state index is 0.0460. The molecule has 0 heterocycles. The first-order valence-corrected chi connectivity index (χ1v) is 7.30. The van der Waals surface area contributed by atoms with Gasteiger partial charge in [0, 0.05) is 5.92 Å². The minimum Gasteiger partial charge on any atom is -0.481 e. The highest BCUT2D eigenvalue weighted by atomic mass is 16.4. The van der Waals surface area contributed by atoms with E-state index in [2.05, 4.69) is 11.4 Å². The van der Waals surface area contributed by atoms with Crippen molar-refractivity contribution in [3.8, 4) is 0 Å². The topological polar surface area (TPSA) is 66.4 Å². The third-order valence-electron chi connectivity index (χ3n) is 3.90. The molecule has 0 fully saturated rings.